The Morgan fingerprint density at radius 1 is 1.15 bits per heavy atom. The molecule has 0 saturated heterocycles. The van der Waals surface area contributed by atoms with Gasteiger partial charge in [0.1, 0.15) is 17.4 Å². The molecule has 0 fully saturated rings. The van der Waals surface area contributed by atoms with Gasteiger partial charge in [-0.2, -0.15) is 5.26 Å². The van der Waals surface area contributed by atoms with Gasteiger partial charge in [0, 0.05) is 6.61 Å². The second-order valence-corrected chi connectivity index (χ2v) is 6.66. The molecule has 1 amide bonds. The standard InChI is InChI=1S/C21H32N2O3/c1-5-8-12-21(4,26-13-7-3)20(24)23-19-11-10-18(15-17(19)16-22)25-14-9-6-2/h10-11,15H,5-9,12-14H2,1-4H3,(H,23,24)/t21-/m0/s1. The van der Waals surface area contributed by atoms with E-state index >= 15 is 0 Å². The van der Waals surface area contributed by atoms with Gasteiger partial charge in [-0.05, 0) is 44.4 Å². The highest BCUT2D eigenvalue weighted by Gasteiger charge is 2.33. The maximum Gasteiger partial charge on any atom is 0.256 e. The SMILES string of the molecule is CCCCOc1ccc(NC(=O)[C@](C)(CCCC)OCCC)c(C#N)c1. The minimum absolute atomic E-state index is 0.212. The Labute approximate surface area is 157 Å². The lowest BCUT2D eigenvalue weighted by atomic mass is 9.97. The van der Waals surface area contributed by atoms with E-state index in [9.17, 15) is 10.1 Å². The number of nitrogens with zero attached hydrogens (tertiary/aromatic N) is 1. The quantitative estimate of drug-likeness (QED) is 0.529. The lowest BCUT2D eigenvalue weighted by Crippen LogP contribution is -2.43. The number of benzene rings is 1. The Morgan fingerprint density at radius 3 is 2.50 bits per heavy atom. The number of unbranched alkanes of at least 4 members (excludes halogenated alkanes) is 2. The molecule has 1 rings (SSSR count). The Kier molecular flexibility index (Phi) is 9.75. The fourth-order valence-electron chi connectivity index (χ4n) is 2.50. The van der Waals surface area contributed by atoms with Gasteiger partial charge in [-0.3, -0.25) is 4.79 Å². The number of amides is 1. The first kappa shape index (κ1) is 22.0. The van der Waals surface area contributed by atoms with E-state index in [1.807, 2.05) is 13.8 Å². The van der Waals surface area contributed by atoms with Gasteiger partial charge in [0.2, 0.25) is 0 Å². The predicted octanol–water partition coefficient (Wildman–Crippen LogP) is 5.05. The van der Waals surface area contributed by atoms with Crippen molar-refractivity contribution < 1.29 is 14.3 Å². The molecule has 0 spiro atoms. The second-order valence-electron chi connectivity index (χ2n) is 6.66. The van der Waals surface area contributed by atoms with Crippen LogP contribution in [0.3, 0.4) is 0 Å². The smallest absolute Gasteiger partial charge is 0.256 e. The molecule has 0 saturated carbocycles. The number of hydrogen-bond donors (Lipinski definition) is 1. The van der Waals surface area contributed by atoms with Gasteiger partial charge in [0.15, 0.2) is 0 Å². The molecule has 0 aromatic heterocycles. The van der Waals surface area contributed by atoms with Crippen molar-refractivity contribution in [2.75, 3.05) is 18.5 Å². The number of carbonyl (C=O) groups excluding carboxylic acids is 1. The predicted molar refractivity (Wildman–Crippen MR) is 104 cm³/mol. The highest BCUT2D eigenvalue weighted by atomic mass is 16.5. The van der Waals surface area contributed by atoms with E-state index in [4.69, 9.17) is 9.47 Å². The molecule has 1 aromatic carbocycles. The summed E-state index contributed by atoms with van der Waals surface area (Å²) in [4.78, 5) is 12.8. The summed E-state index contributed by atoms with van der Waals surface area (Å²) in [5.74, 6) is 0.430. The number of nitriles is 1. The van der Waals surface area contributed by atoms with Crippen LogP contribution >= 0.6 is 0 Å². The number of ether oxygens (including phenoxy) is 2. The van der Waals surface area contributed by atoms with Gasteiger partial charge in [-0.1, -0.05) is 40.0 Å². The Hall–Kier alpha value is -2.06. The Bertz CT molecular complexity index is 600. The first-order valence-electron chi connectivity index (χ1n) is 9.63. The summed E-state index contributed by atoms with van der Waals surface area (Å²) >= 11 is 0. The molecular weight excluding hydrogens is 328 g/mol. The molecule has 26 heavy (non-hydrogen) atoms. The minimum atomic E-state index is -0.894. The van der Waals surface area contributed by atoms with E-state index in [1.165, 1.54) is 0 Å². The van der Waals surface area contributed by atoms with Crippen LogP contribution in [0.15, 0.2) is 18.2 Å². The third kappa shape index (κ3) is 6.68. The number of rotatable bonds is 12. The van der Waals surface area contributed by atoms with Gasteiger partial charge in [-0.25, -0.2) is 0 Å². The average Bonchev–Trinajstić information content (AvgIpc) is 2.65. The normalized spacial score (nSPS) is 12.9. The van der Waals surface area contributed by atoms with E-state index in [2.05, 4.69) is 25.2 Å². The van der Waals surface area contributed by atoms with E-state index in [-0.39, 0.29) is 5.91 Å². The van der Waals surface area contributed by atoms with Crippen molar-refractivity contribution in [2.24, 2.45) is 0 Å². The maximum absolute atomic E-state index is 12.8. The average molecular weight is 360 g/mol. The summed E-state index contributed by atoms with van der Waals surface area (Å²) in [6.45, 7) is 9.17. The van der Waals surface area contributed by atoms with Gasteiger partial charge in [-0.15, -0.1) is 0 Å². The van der Waals surface area contributed by atoms with Crippen molar-refractivity contribution in [2.45, 2.75) is 71.8 Å². The zero-order valence-corrected chi connectivity index (χ0v) is 16.6. The van der Waals surface area contributed by atoms with Crippen molar-refractivity contribution in [1.29, 1.82) is 5.26 Å². The van der Waals surface area contributed by atoms with Crippen molar-refractivity contribution in [1.82, 2.24) is 0 Å². The first-order valence-corrected chi connectivity index (χ1v) is 9.63. The highest BCUT2D eigenvalue weighted by molar-refractivity contribution is 5.98. The van der Waals surface area contributed by atoms with Crippen LogP contribution in [-0.4, -0.2) is 24.7 Å². The van der Waals surface area contributed by atoms with Crippen molar-refractivity contribution >= 4 is 11.6 Å². The zero-order chi connectivity index (χ0) is 19.4. The minimum Gasteiger partial charge on any atom is -0.494 e. The van der Waals surface area contributed by atoms with E-state index in [0.717, 1.165) is 32.1 Å². The van der Waals surface area contributed by atoms with Crippen molar-refractivity contribution in [3.05, 3.63) is 23.8 Å². The monoisotopic (exact) mass is 360 g/mol. The third-order valence-electron chi connectivity index (χ3n) is 4.24. The summed E-state index contributed by atoms with van der Waals surface area (Å²) in [5.41, 5.74) is -0.0152. The fourth-order valence-corrected chi connectivity index (χ4v) is 2.50. The fraction of sp³-hybridized carbons (Fsp3) is 0.619. The lowest BCUT2D eigenvalue weighted by molar-refractivity contribution is -0.140. The Morgan fingerprint density at radius 2 is 1.88 bits per heavy atom. The van der Waals surface area contributed by atoms with Gasteiger partial charge >= 0.3 is 0 Å². The molecule has 0 bridgehead atoms. The Balaban J connectivity index is 2.89. The molecule has 0 aliphatic carbocycles. The van der Waals surface area contributed by atoms with Gasteiger partial charge in [0.25, 0.3) is 5.91 Å². The molecule has 0 aliphatic rings. The summed E-state index contributed by atoms with van der Waals surface area (Å²) < 4.78 is 11.5. The second kappa shape index (κ2) is 11.5. The molecule has 5 heteroatoms. The first-order chi connectivity index (χ1) is 12.5. The topological polar surface area (TPSA) is 71.3 Å². The maximum atomic E-state index is 12.8. The summed E-state index contributed by atoms with van der Waals surface area (Å²) in [6, 6.07) is 7.30. The van der Waals surface area contributed by atoms with Crippen molar-refractivity contribution in [3.8, 4) is 11.8 Å². The van der Waals surface area contributed by atoms with Gasteiger partial charge in [0.05, 0.1) is 17.9 Å². The lowest BCUT2D eigenvalue weighted by Gasteiger charge is -2.29. The van der Waals surface area contributed by atoms with Crippen LogP contribution in [0, 0.1) is 11.3 Å². The molecule has 1 N–H and O–H groups in total. The molecule has 5 nitrogen and oxygen atoms in total. The highest BCUT2D eigenvalue weighted by Crippen LogP contribution is 2.26. The molecule has 144 valence electrons. The van der Waals surface area contributed by atoms with Crippen LogP contribution in [0.5, 0.6) is 5.75 Å². The largest absolute Gasteiger partial charge is 0.494 e. The van der Waals surface area contributed by atoms with Crippen LogP contribution in [0.25, 0.3) is 0 Å². The van der Waals surface area contributed by atoms with Crippen LogP contribution in [-0.2, 0) is 9.53 Å². The van der Waals surface area contributed by atoms with Crippen LogP contribution in [0.2, 0.25) is 0 Å². The summed E-state index contributed by atoms with van der Waals surface area (Å²) in [7, 11) is 0. The molecule has 1 aromatic rings. The molecule has 0 radical (unpaired) electrons. The molecule has 0 heterocycles. The van der Waals surface area contributed by atoms with Crippen LogP contribution in [0.4, 0.5) is 5.69 Å². The number of anilines is 1. The molecule has 0 aliphatic heterocycles. The number of hydrogen-bond acceptors (Lipinski definition) is 4. The van der Waals surface area contributed by atoms with Crippen LogP contribution in [0.1, 0.15) is 71.8 Å². The number of carbonyl (C=O) groups is 1. The van der Waals surface area contributed by atoms with Gasteiger partial charge < -0.3 is 14.8 Å². The summed E-state index contributed by atoms with van der Waals surface area (Å²) in [6.07, 6.45) is 5.41. The third-order valence-corrected chi connectivity index (χ3v) is 4.24. The van der Waals surface area contributed by atoms with Crippen molar-refractivity contribution in [3.63, 3.8) is 0 Å². The summed E-state index contributed by atoms with van der Waals surface area (Å²) in [5, 5.41) is 12.3. The van der Waals surface area contributed by atoms with Crippen LogP contribution < -0.4 is 10.1 Å². The zero-order valence-electron chi connectivity index (χ0n) is 16.6. The van der Waals surface area contributed by atoms with E-state index in [0.29, 0.717) is 36.6 Å². The number of nitrogens with one attached hydrogen (secondary N) is 1. The van der Waals surface area contributed by atoms with E-state index in [1.54, 1.807) is 18.2 Å². The van der Waals surface area contributed by atoms with E-state index < -0.39 is 5.60 Å². The molecule has 0 unspecified atom stereocenters. The molecule has 1 atom stereocenters. The molecular formula is C21H32N2O3.